The summed E-state index contributed by atoms with van der Waals surface area (Å²) in [6.45, 7) is 10.6. The number of thioether (sulfide) groups is 1. The van der Waals surface area contributed by atoms with Crippen molar-refractivity contribution in [2.75, 3.05) is 76.7 Å². The van der Waals surface area contributed by atoms with Gasteiger partial charge in [-0.25, -0.2) is 4.98 Å². The smallest absolute Gasteiger partial charge is 0.161 e. The van der Waals surface area contributed by atoms with Gasteiger partial charge in [0.25, 0.3) is 0 Å². The zero-order chi connectivity index (χ0) is 33.5. The molecular formula is C33H45N7O5S. The lowest BCUT2D eigenvalue weighted by atomic mass is 10.1. The number of rotatable bonds is 18. The number of nitriles is 1. The van der Waals surface area contributed by atoms with Crippen LogP contribution >= 0.6 is 11.8 Å². The largest absolute Gasteiger partial charge is 0.495 e. The van der Waals surface area contributed by atoms with Crippen LogP contribution in [0, 0.1) is 18.3 Å². The van der Waals surface area contributed by atoms with Gasteiger partial charge in [-0.3, -0.25) is 4.90 Å². The number of nitrogens with zero attached hydrogens (tertiary/aromatic N) is 5. The number of methoxy groups -OCH3 is 2. The standard InChI is InChI=1S/C33H45N7O5S/c1-23-25(22-34)31(35-12-17-45-18-16-42)37-32(36-24-10-8-7-9-11-24)30(23)39-38-26-20-28(44-6)29(21-27(26)43-5)46-19-14-40(13-15-41)33(2,3)4/h7-11,20-21,41-42H,12-19H2,1-6H3,(H2,35,36,37). The molecule has 2 aromatic carbocycles. The first-order valence-electron chi connectivity index (χ1n) is 15.0. The molecule has 12 nitrogen and oxygen atoms in total. The molecule has 0 saturated carbocycles. The number of pyridine rings is 1. The van der Waals surface area contributed by atoms with E-state index in [1.807, 2.05) is 36.4 Å². The Bertz CT molecular complexity index is 1480. The van der Waals surface area contributed by atoms with Crippen molar-refractivity contribution in [2.45, 2.75) is 38.1 Å². The average Bonchev–Trinajstić information content (AvgIpc) is 3.04. The summed E-state index contributed by atoms with van der Waals surface area (Å²) in [7, 11) is 3.18. The Morgan fingerprint density at radius 3 is 2.35 bits per heavy atom. The van der Waals surface area contributed by atoms with Crippen LogP contribution in [-0.4, -0.2) is 91.7 Å². The molecule has 0 aliphatic heterocycles. The fourth-order valence-electron chi connectivity index (χ4n) is 4.55. The first kappa shape index (κ1) is 36.5. The predicted molar refractivity (Wildman–Crippen MR) is 183 cm³/mol. The Labute approximate surface area is 275 Å². The van der Waals surface area contributed by atoms with Crippen LogP contribution in [0.25, 0.3) is 0 Å². The first-order valence-corrected chi connectivity index (χ1v) is 16.0. The number of hydrogen-bond donors (Lipinski definition) is 4. The summed E-state index contributed by atoms with van der Waals surface area (Å²) in [5, 5.41) is 44.1. The molecule has 13 heteroatoms. The highest BCUT2D eigenvalue weighted by atomic mass is 32.2. The molecule has 3 rings (SSSR count). The molecule has 0 aliphatic carbocycles. The Morgan fingerprint density at radius 2 is 1.72 bits per heavy atom. The van der Waals surface area contributed by atoms with Crippen molar-refractivity contribution < 1.29 is 24.4 Å². The molecule has 0 saturated heterocycles. The van der Waals surface area contributed by atoms with Gasteiger partial charge in [0.05, 0.1) is 51.1 Å². The van der Waals surface area contributed by atoms with E-state index in [2.05, 4.69) is 52.6 Å². The number of hydrogen-bond acceptors (Lipinski definition) is 13. The van der Waals surface area contributed by atoms with Crippen molar-refractivity contribution in [1.82, 2.24) is 9.88 Å². The number of azo groups is 1. The molecule has 4 N–H and O–H groups in total. The highest BCUT2D eigenvalue weighted by Crippen LogP contribution is 2.42. The van der Waals surface area contributed by atoms with E-state index in [1.54, 1.807) is 39.0 Å². The van der Waals surface area contributed by atoms with E-state index in [1.165, 1.54) is 0 Å². The molecular weight excluding hydrogens is 606 g/mol. The molecule has 0 atom stereocenters. The average molecular weight is 652 g/mol. The van der Waals surface area contributed by atoms with Crippen LogP contribution in [0.5, 0.6) is 11.5 Å². The molecule has 3 aromatic rings. The molecule has 0 amide bonds. The second kappa shape index (κ2) is 18.3. The third kappa shape index (κ3) is 10.3. The van der Waals surface area contributed by atoms with E-state index in [-0.39, 0.29) is 25.4 Å². The Hall–Kier alpha value is -3.93. The van der Waals surface area contributed by atoms with Crippen molar-refractivity contribution in [3.8, 4) is 17.6 Å². The maximum absolute atomic E-state index is 10.0. The number of ether oxygens (including phenoxy) is 3. The topological polar surface area (TPSA) is 157 Å². The molecule has 1 aromatic heterocycles. The summed E-state index contributed by atoms with van der Waals surface area (Å²) in [5.41, 5.74) is 2.49. The number of β-amino-alcohol motifs (C(OH)–C–C–N with tert-alkyl or cyclic N) is 1. The quantitative estimate of drug-likeness (QED) is 0.0722. The highest BCUT2D eigenvalue weighted by Gasteiger charge is 2.21. The maximum atomic E-state index is 10.0. The van der Waals surface area contributed by atoms with Gasteiger partial charge >= 0.3 is 0 Å². The van der Waals surface area contributed by atoms with Crippen LogP contribution < -0.4 is 20.1 Å². The van der Waals surface area contributed by atoms with Gasteiger partial charge in [0.15, 0.2) is 5.82 Å². The lowest BCUT2D eigenvalue weighted by Crippen LogP contribution is -2.44. The minimum atomic E-state index is -0.0646. The number of aliphatic hydroxyl groups is 2. The molecule has 248 valence electrons. The van der Waals surface area contributed by atoms with E-state index in [0.29, 0.717) is 65.3 Å². The molecule has 0 unspecified atom stereocenters. The number of para-hydroxylation sites is 1. The second-order valence-corrected chi connectivity index (χ2v) is 12.3. The van der Waals surface area contributed by atoms with Gasteiger partial charge in [-0.2, -0.15) is 5.26 Å². The Kier molecular flexibility index (Phi) is 14.5. The molecule has 0 bridgehead atoms. The van der Waals surface area contributed by atoms with Gasteiger partial charge in [-0.15, -0.1) is 22.0 Å². The number of benzene rings is 2. The van der Waals surface area contributed by atoms with Gasteiger partial charge in [-0.05, 0) is 45.9 Å². The van der Waals surface area contributed by atoms with Crippen LogP contribution in [0.4, 0.5) is 28.7 Å². The summed E-state index contributed by atoms with van der Waals surface area (Å²) in [5.74, 6) is 2.72. The van der Waals surface area contributed by atoms with Crippen LogP contribution in [0.3, 0.4) is 0 Å². The molecule has 46 heavy (non-hydrogen) atoms. The van der Waals surface area contributed by atoms with E-state index in [4.69, 9.17) is 24.3 Å². The summed E-state index contributed by atoms with van der Waals surface area (Å²) in [4.78, 5) is 7.85. The molecule has 1 heterocycles. The SMILES string of the molecule is COc1cc(SCCN(CCO)C(C)(C)C)c(OC)cc1N=Nc1c(Nc2ccccc2)nc(NCCOCCO)c(C#N)c1C. The fourth-order valence-corrected chi connectivity index (χ4v) is 5.56. The fraction of sp³-hybridized carbons (Fsp3) is 0.455. The normalized spacial score (nSPS) is 11.6. The minimum Gasteiger partial charge on any atom is -0.495 e. The number of nitrogens with one attached hydrogen (secondary N) is 2. The third-order valence-electron chi connectivity index (χ3n) is 7.00. The zero-order valence-electron chi connectivity index (χ0n) is 27.5. The number of anilines is 3. The first-order chi connectivity index (χ1) is 22.2. The van der Waals surface area contributed by atoms with Crippen molar-refractivity contribution in [3.05, 3.63) is 53.6 Å². The lowest BCUT2D eigenvalue weighted by Gasteiger charge is -2.35. The van der Waals surface area contributed by atoms with E-state index < -0.39 is 0 Å². The third-order valence-corrected chi connectivity index (χ3v) is 8.01. The van der Waals surface area contributed by atoms with Gasteiger partial charge in [0, 0.05) is 48.2 Å². The Morgan fingerprint density at radius 1 is 0.978 bits per heavy atom. The number of aromatic nitrogens is 1. The van der Waals surface area contributed by atoms with E-state index >= 15 is 0 Å². The van der Waals surface area contributed by atoms with Crippen LogP contribution in [0.15, 0.2) is 57.6 Å². The predicted octanol–water partition coefficient (Wildman–Crippen LogP) is 6.04. The van der Waals surface area contributed by atoms with Crippen molar-refractivity contribution >= 4 is 40.5 Å². The van der Waals surface area contributed by atoms with Gasteiger partial charge < -0.3 is 35.1 Å². The molecule has 0 aliphatic rings. The molecule has 0 fully saturated rings. The van der Waals surface area contributed by atoms with Crippen molar-refractivity contribution in [2.24, 2.45) is 10.2 Å². The van der Waals surface area contributed by atoms with Gasteiger partial charge in [0.1, 0.15) is 34.8 Å². The second-order valence-electron chi connectivity index (χ2n) is 11.1. The van der Waals surface area contributed by atoms with E-state index in [0.717, 1.165) is 22.9 Å². The monoisotopic (exact) mass is 651 g/mol. The molecule has 0 spiro atoms. The number of aliphatic hydroxyl groups excluding tert-OH is 2. The van der Waals surface area contributed by atoms with Crippen LogP contribution in [-0.2, 0) is 4.74 Å². The lowest BCUT2D eigenvalue weighted by molar-refractivity contribution is 0.0992. The van der Waals surface area contributed by atoms with Gasteiger partial charge in [0.2, 0.25) is 0 Å². The molecule has 0 radical (unpaired) electrons. The van der Waals surface area contributed by atoms with Gasteiger partial charge in [-0.1, -0.05) is 18.2 Å². The van der Waals surface area contributed by atoms with Crippen molar-refractivity contribution in [1.29, 1.82) is 5.26 Å². The highest BCUT2D eigenvalue weighted by molar-refractivity contribution is 7.99. The minimum absolute atomic E-state index is 0.0640. The summed E-state index contributed by atoms with van der Waals surface area (Å²) in [6, 6.07) is 15.4. The summed E-state index contributed by atoms with van der Waals surface area (Å²) < 4.78 is 16.8. The Balaban J connectivity index is 1.96. The van der Waals surface area contributed by atoms with Crippen LogP contribution in [0.1, 0.15) is 31.9 Å². The maximum Gasteiger partial charge on any atom is 0.161 e. The van der Waals surface area contributed by atoms with E-state index in [9.17, 15) is 10.4 Å². The zero-order valence-corrected chi connectivity index (χ0v) is 28.3. The summed E-state index contributed by atoms with van der Waals surface area (Å²) in [6.07, 6.45) is 0. The summed E-state index contributed by atoms with van der Waals surface area (Å²) >= 11 is 1.63. The van der Waals surface area contributed by atoms with Crippen LogP contribution in [0.2, 0.25) is 0 Å². The van der Waals surface area contributed by atoms with Crippen molar-refractivity contribution in [3.63, 3.8) is 0 Å².